The minimum absolute atomic E-state index is 0.131. The number of fused-ring (bicyclic) bond motifs is 15. The fourth-order valence-corrected chi connectivity index (χ4v) is 20.6. The normalized spacial score (nSPS) is 13.9. The average Bonchev–Trinajstić information content (AvgIpc) is 1.71. The summed E-state index contributed by atoms with van der Waals surface area (Å²) in [7, 11) is 0. The van der Waals surface area contributed by atoms with Crippen LogP contribution in [-0.4, -0.2) is 0 Å². The highest BCUT2D eigenvalue weighted by atomic mass is 14.4. The maximum absolute atomic E-state index is 2.56. The number of hydrogen-bond donors (Lipinski definition) is 0. The van der Waals surface area contributed by atoms with Gasteiger partial charge in [-0.3, -0.25) is 0 Å². The van der Waals surface area contributed by atoms with Crippen molar-refractivity contribution in [2.24, 2.45) is 0 Å². The van der Waals surface area contributed by atoms with Crippen LogP contribution < -0.4 is 0 Å². The van der Waals surface area contributed by atoms with Gasteiger partial charge in [0, 0.05) is 16.2 Å². The number of hydrogen-bond acceptors (Lipinski definition) is 0. The number of rotatable bonds is 9. The van der Waals surface area contributed by atoms with Gasteiger partial charge >= 0.3 is 0 Å². The topological polar surface area (TPSA) is 0 Å². The van der Waals surface area contributed by atoms with Crippen LogP contribution in [0.25, 0.3) is 198 Å². The molecule has 0 saturated carbocycles. The predicted octanol–water partition coefficient (Wildman–Crippen LogP) is 30.5. The monoisotopic (exact) mass is 1410 g/mol. The average molecular weight is 1410 g/mol. The molecule has 0 radical (unpaired) electrons. The summed E-state index contributed by atoms with van der Waals surface area (Å²) >= 11 is 0. The quantitative estimate of drug-likeness (QED) is 0.126. The Morgan fingerprint density at radius 3 is 0.739 bits per heavy atom. The Hall–Kier alpha value is -13.3. The largest absolute Gasteiger partial charge is 0.0622 e. The second-order valence-electron chi connectivity index (χ2n) is 32.8. The lowest BCUT2D eigenvalue weighted by Crippen LogP contribution is -2.15. The highest BCUT2D eigenvalue weighted by molar-refractivity contribution is 6.32. The van der Waals surface area contributed by atoms with Gasteiger partial charge in [-0.25, -0.2) is 0 Å². The van der Waals surface area contributed by atoms with Gasteiger partial charge in [0.1, 0.15) is 0 Å². The van der Waals surface area contributed by atoms with Gasteiger partial charge in [-0.2, -0.15) is 0 Å². The lowest BCUT2D eigenvalue weighted by Gasteiger charge is -2.25. The molecule has 0 unspecified atom stereocenters. The Kier molecular flexibility index (Phi) is 14.2. The second kappa shape index (κ2) is 24.4. The fraction of sp³-hybridized carbons (Fsp3) is 0.0811. The first-order valence-electron chi connectivity index (χ1n) is 39.4. The van der Waals surface area contributed by atoms with Crippen molar-refractivity contribution in [3.05, 3.63) is 397 Å². The highest BCUT2D eigenvalue weighted by Crippen LogP contribution is 2.59. The molecule has 22 rings (SSSR count). The fourth-order valence-electron chi connectivity index (χ4n) is 20.6. The van der Waals surface area contributed by atoms with Gasteiger partial charge in [0.05, 0.1) is 0 Å². The summed E-state index contributed by atoms with van der Waals surface area (Å²) in [6, 6.07) is 139. The van der Waals surface area contributed by atoms with Gasteiger partial charge < -0.3 is 0 Å². The zero-order chi connectivity index (χ0) is 74.2. The van der Waals surface area contributed by atoms with Crippen LogP contribution in [0.15, 0.2) is 364 Å². The van der Waals surface area contributed by atoms with E-state index in [2.05, 4.69) is 406 Å². The molecule has 0 spiro atoms. The zero-order valence-electron chi connectivity index (χ0n) is 63.1. The van der Waals surface area contributed by atoms with Crippen LogP contribution >= 0.6 is 0 Å². The van der Waals surface area contributed by atoms with Crippen LogP contribution in [0.5, 0.6) is 0 Å². The van der Waals surface area contributed by atoms with Gasteiger partial charge in [0.25, 0.3) is 0 Å². The minimum atomic E-state index is -0.318. The van der Waals surface area contributed by atoms with Crippen molar-refractivity contribution in [3.63, 3.8) is 0 Å². The van der Waals surface area contributed by atoms with E-state index < -0.39 is 0 Å². The van der Waals surface area contributed by atoms with E-state index in [0.29, 0.717) is 0 Å². The Bertz CT molecular complexity index is 7110. The van der Waals surface area contributed by atoms with E-state index in [-0.39, 0.29) is 16.2 Å². The van der Waals surface area contributed by atoms with Crippen molar-refractivity contribution in [1.29, 1.82) is 0 Å². The molecule has 0 amide bonds. The van der Waals surface area contributed by atoms with Crippen molar-refractivity contribution in [2.75, 3.05) is 0 Å². The molecule has 3 aliphatic rings. The van der Waals surface area contributed by atoms with E-state index in [9.17, 15) is 0 Å². The van der Waals surface area contributed by atoms with Gasteiger partial charge in [-0.1, -0.05) is 375 Å². The summed E-state index contributed by atoms with van der Waals surface area (Å²) in [5, 5.41) is 15.0. The molecule has 0 heteroatoms. The molecular formula is C111H78. The van der Waals surface area contributed by atoms with E-state index in [1.807, 2.05) is 0 Å². The SMILES string of the molecule is CC1(C)c2ccccc2-c2ccc(-c3c4ccccc4c(-c4c5ccccc5c(-c5ccc6c(c5)C(C)(C)c5cc(-c7ccc8c(c7)C(C)(C)c7cc(-c9c%10cccc(-c%11ccccc%11)c%10c(-c%10ccccc%10)c%10cccc(-c%11ccccc%11)c9%10)ccc7-8)ccc5-6)c5c(-c6ccccc6)cccc45)c4ccccc34)cc21. The summed E-state index contributed by atoms with van der Waals surface area (Å²) in [4.78, 5) is 0. The molecule has 19 aromatic carbocycles. The van der Waals surface area contributed by atoms with Crippen molar-refractivity contribution >= 4 is 64.6 Å². The first-order chi connectivity index (χ1) is 54.4. The third kappa shape index (κ3) is 9.54. The maximum atomic E-state index is 2.56. The van der Waals surface area contributed by atoms with Gasteiger partial charge in [-0.15, -0.1) is 0 Å². The molecule has 0 bridgehead atoms. The molecule has 0 aromatic heterocycles. The third-order valence-corrected chi connectivity index (χ3v) is 25.9. The standard InChI is InChI=1S/C111H78/c1-109(2)94-51-26-25-38-79(94)80-59-54-73(64-97(80)109)100-85-39-19-22-42-88(85)107(89-43-23-20-40-86(89)100)108-90-44-24-21-41-87(90)102(106-78(47-29-50-93(106)108)69-34-15-9-16-35-69)74-55-60-83-81-57-52-71(62-95(81)110(3,4)98(83)65-74)72-53-58-82-84-61-56-75(66-99(84)111(5,6)96(82)63-72)103-92-49-28-45-76(67-30-11-7-12-31-67)104(92)101(70-36-17-10-18-37-70)91-48-27-46-77(105(91)103)68-32-13-8-14-33-68/h7-66H,1-6H3. The molecular weight excluding hydrogens is 1330 g/mol. The molecule has 0 fully saturated rings. The van der Waals surface area contributed by atoms with E-state index in [1.165, 1.54) is 232 Å². The van der Waals surface area contributed by atoms with Gasteiger partial charge in [0.15, 0.2) is 0 Å². The molecule has 0 saturated heterocycles. The van der Waals surface area contributed by atoms with Crippen LogP contribution in [0.3, 0.4) is 0 Å². The van der Waals surface area contributed by atoms with Crippen molar-refractivity contribution in [2.45, 2.75) is 57.8 Å². The lowest BCUT2D eigenvalue weighted by molar-refractivity contribution is 0.660. The van der Waals surface area contributed by atoms with E-state index in [1.54, 1.807) is 0 Å². The molecule has 0 N–H and O–H groups in total. The van der Waals surface area contributed by atoms with Crippen LogP contribution in [-0.2, 0) is 16.2 Å². The van der Waals surface area contributed by atoms with Crippen LogP contribution in [0.4, 0.5) is 0 Å². The summed E-state index contributed by atoms with van der Waals surface area (Å²) in [6.07, 6.45) is 0. The third-order valence-electron chi connectivity index (χ3n) is 25.9. The lowest BCUT2D eigenvalue weighted by atomic mass is 9.77. The molecule has 522 valence electrons. The second-order valence-corrected chi connectivity index (χ2v) is 32.8. The summed E-state index contributed by atoms with van der Waals surface area (Å²) in [6.45, 7) is 14.6. The van der Waals surface area contributed by atoms with Gasteiger partial charge in [-0.05, 0) is 262 Å². The Morgan fingerprint density at radius 2 is 0.360 bits per heavy atom. The van der Waals surface area contributed by atoms with E-state index in [0.717, 1.165) is 0 Å². The first-order valence-corrected chi connectivity index (χ1v) is 39.4. The van der Waals surface area contributed by atoms with Crippen LogP contribution in [0, 0.1) is 0 Å². The Morgan fingerprint density at radius 1 is 0.135 bits per heavy atom. The molecule has 0 aliphatic heterocycles. The van der Waals surface area contributed by atoms with Gasteiger partial charge in [0.2, 0.25) is 0 Å². The molecule has 19 aromatic rings. The molecule has 0 heterocycles. The highest BCUT2D eigenvalue weighted by Gasteiger charge is 2.40. The van der Waals surface area contributed by atoms with Crippen LogP contribution in [0.1, 0.15) is 74.9 Å². The minimum Gasteiger partial charge on any atom is -0.0622 e. The Balaban J connectivity index is 0.665. The van der Waals surface area contributed by atoms with E-state index in [4.69, 9.17) is 0 Å². The van der Waals surface area contributed by atoms with Crippen LogP contribution in [0.2, 0.25) is 0 Å². The van der Waals surface area contributed by atoms with Crippen molar-refractivity contribution in [3.8, 4) is 134 Å². The predicted molar refractivity (Wildman–Crippen MR) is 473 cm³/mol. The summed E-state index contributed by atoms with van der Waals surface area (Å²) in [5.74, 6) is 0. The zero-order valence-corrected chi connectivity index (χ0v) is 63.1. The maximum Gasteiger partial charge on any atom is 0.0159 e. The molecule has 3 aliphatic carbocycles. The molecule has 111 heavy (non-hydrogen) atoms. The summed E-state index contributed by atoms with van der Waals surface area (Å²) < 4.78 is 0. The molecule has 0 nitrogen and oxygen atoms in total. The first kappa shape index (κ1) is 64.9. The van der Waals surface area contributed by atoms with Crippen molar-refractivity contribution < 1.29 is 0 Å². The summed E-state index contributed by atoms with van der Waals surface area (Å²) in [5.41, 5.74) is 37.6. The Labute approximate surface area is 648 Å². The smallest absolute Gasteiger partial charge is 0.0159 e. The molecule has 0 atom stereocenters. The van der Waals surface area contributed by atoms with Crippen molar-refractivity contribution in [1.82, 2.24) is 0 Å². The van der Waals surface area contributed by atoms with E-state index >= 15 is 0 Å². The number of benzene rings is 19.